The van der Waals surface area contributed by atoms with Gasteiger partial charge < -0.3 is 17.7 Å². The average Bonchev–Trinajstić information content (AvgIpc) is 3.02. The van der Waals surface area contributed by atoms with Crippen LogP contribution in [0.4, 0.5) is 4.39 Å². The number of Topliss-reactive ketones (excluding diaryl/α,β-unsaturated/α-hetero) is 1. The van der Waals surface area contributed by atoms with E-state index >= 15 is 4.39 Å². The minimum absolute atomic E-state index is 0.0323. The molecule has 0 bridgehead atoms. The molecule has 0 saturated heterocycles. The topological polar surface area (TPSA) is 54.0 Å². The molecule has 0 aromatic heterocycles. The van der Waals surface area contributed by atoms with Crippen LogP contribution in [0.5, 0.6) is 0 Å². The molecule has 2 saturated carbocycles. The van der Waals surface area contributed by atoms with Crippen molar-refractivity contribution >= 4 is 39.1 Å². The zero-order valence-corrected chi connectivity index (χ0v) is 34.4. The van der Waals surface area contributed by atoms with Crippen LogP contribution in [0.1, 0.15) is 40.0 Å². The summed E-state index contributed by atoms with van der Waals surface area (Å²) in [6, 6.07) is 0. The van der Waals surface area contributed by atoms with Crippen molar-refractivity contribution < 1.29 is 26.9 Å². The van der Waals surface area contributed by atoms with Crippen molar-refractivity contribution in [2.24, 2.45) is 28.6 Å². The van der Waals surface area contributed by atoms with Gasteiger partial charge in [0.1, 0.15) is 11.4 Å². The van der Waals surface area contributed by atoms with Gasteiger partial charge in [0.05, 0.1) is 12.7 Å². The molecular weight excluding hydrogens is 620 g/mol. The van der Waals surface area contributed by atoms with Crippen LogP contribution in [0, 0.1) is 28.6 Å². The highest BCUT2D eigenvalue weighted by Crippen LogP contribution is 2.71. The van der Waals surface area contributed by atoms with E-state index in [1.807, 2.05) is 6.08 Å². The summed E-state index contributed by atoms with van der Waals surface area (Å²) in [5.74, 6) is 0.443. The van der Waals surface area contributed by atoms with Gasteiger partial charge >= 0.3 is 0 Å². The zero-order chi connectivity index (χ0) is 33.5. The summed E-state index contributed by atoms with van der Waals surface area (Å²) in [7, 11) is -8.24. The fourth-order valence-corrected chi connectivity index (χ4v) is 13.0. The second-order valence-corrected chi connectivity index (χ2v) is 36.3. The van der Waals surface area contributed by atoms with Crippen molar-refractivity contribution in [1.82, 2.24) is 0 Å². The van der Waals surface area contributed by atoms with Crippen LogP contribution in [0.15, 0.2) is 35.6 Å². The first-order chi connectivity index (χ1) is 19.7. The van der Waals surface area contributed by atoms with Gasteiger partial charge in [-0.3, -0.25) is 4.79 Å². The van der Waals surface area contributed by atoms with E-state index in [4.69, 9.17) is 17.7 Å². The molecule has 0 radical (unpaired) electrons. The summed E-state index contributed by atoms with van der Waals surface area (Å²) in [6.45, 7) is 32.3. The first-order valence-electron chi connectivity index (χ1n) is 16.7. The van der Waals surface area contributed by atoms with Crippen molar-refractivity contribution in [3.05, 3.63) is 35.6 Å². The van der Waals surface area contributed by atoms with Gasteiger partial charge in [0.15, 0.2) is 36.4 Å². The zero-order valence-electron chi connectivity index (χ0n) is 30.4. The third-order valence-electron chi connectivity index (χ3n) is 10.4. The quantitative estimate of drug-likeness (QED) is 0.215. The second-order valence-electron chi connectivity index (χ2n) is 18.4. The second kappa shape index (κ2) is 11.2. The molecule has 44 heavy (non-hydrogen) atoms. The molecule has 4 aliphatic rings. The van der Waals surface area contributed by atoms with Gasteiger partial charge in [0.2, 0.25) is 8.32 Å². The summed E-state index contributed by atoms with van der Waals surface area (Å²) >= 11 is 0. The van der Waals surface area contributed by atoms with Crippen LogP contribution in [0.25, 0.3) is 0 Å². The number of allylic oxidation sites excluding steroid dienone is 5. The Morgan fingerprint density at radius 3 is 2.05 bits per heavy atom. The monoisotopic (exact) mass is 680 g/mol. The van der Waals surface area contributed by atoms with Crippen molar-refractivity contribution in [2.75, 3.05) is 6.61 Å². The lowest BCUT2D eigenvalue weighted by molar-refractivity contribution is -0.206. The molecule has 4 aliphatic carbocycles. The van der Waals surface area contributed by atoms with Gasteiger partial charge in [-0.15, -0.1) is 0 Å². The molecule has 0 aromatic carbocycles. The van der Waals surface area contributed by atoms with E-state index in [1.54, 1.807) is 0 Å². The Morgan fingerprint density at radius 1 is 0.909 bits per heavy atom. The molecule has 6 unspecified atom stereocenters. The maximum atomic E-state index is 18.8. The van der Waals surface area contributed by atoms with E-state index in [9.17, 15) is 4.79 Å². The molecule has 0 heterocycles. The Morgan fingerprint density at radius 2 is 1.52 bits per heavy atom. The number of ketones is 1. The largest absolute Gasteiger partial charge is 0.544 e. The lowest BCUT2D eigenvalue weighted by atomic mass is 9.45. The molecule has 0 spiro atoms. The van der Waals surface area contributed by atoms with Crippen molar-refractivity contribution in [3.8, 4) is 0 Å². The van der Waals surface area contributed by atoms with E-state index in [1.165, 1.54) is 0 Å². The minimum Gasteiger partial charge on any atom is -0.544 e. The van der Waals surface area contributed by atoms with Crippen molar-refractivity contribution in [1.29, 1.82) is 0 Å². The number of alkyl halides is 1. The maximum Gasteiger partial charge on any atom is 0.242 e. The van der Waals surface area contributed by atoms with Crippen LogP contribution < -0.4 is 0 Å². The smallest absolute Gasteiger partial charge is 0.242 e. The Balaban J connectivity index is 1.89. The summed E-state index contributed by atoms with van der Waals surface area (Å²) < 4.78 is 45.6. The number of hydrogen-bond donors (Lipinski definition) is 0. The molecular formula is C34H61FO5Si4. The molecule has 5 nitrogen and oxygen atoms in total. The standard InChI is InChI=1S/C34H61FO5Si4/c1-24-20-28-27-17-16-25-21-26(38-42(7,8)9)18-19-31(25,2)33(27,35)30(39-43(10,11)12)22-32(28,3)34(24,40-44(13,14)15)29(36)23-37-41(4,5)6/h16,18-19,21,24,27-28,30H,17,20,22-23H2,1-15H3/t24?,27?,28?,30?,31?,32?,33-,34-/m0/s1. The average molecular weight is 681 g/mol. The lowest BCUT2D eigenvalue weighted by Gasteiger charge is -2.64. The van der Waals surface area contributed by atoms with Crippen LogP contribution in [0.2, 0.25) is 78.6 Å². The molecule has 250 valence electrons. The number of halogens is 1. The fourth-order valence-electron chi connectivity index (χ4n) is 8.96. The Hall–Kier alpha value is -0.632. The molecule has 0 aromatic rings. The lowest BCUT2D eigenvalue weighted by Crippen LogP contribution is -2.71. The molecule has 0 aliphatic heterocycles. The third kappa shape index (κ3) is 6.31. The SMILES string of the molecule is CC1CC2C3CC=C4C=C(O[Si](C)(C)C)C=CC4(C)[C@@]3(F)C(O[Si](C)(C)C)CC2(C)[C@@]1(O[Si](C)(C)C)C(=O)CO[Si](C)(C)C. The highest BCUT2D eigenvalue weighted by atomic mass is 28.4. The van der Waals surface area contributed by atoms with E-state index in [-0.39, 0.29) is 30.1 Å². The summed E-state index contributed by atoms with van der Waals surface area (Å²) in [4.78, 5) is 14.7. The first-order valence-corrected chi connectivity index (χ1v) is 30.4. The summed E-state index contributed by atoms with van der Waals surface area (Å²) in [6.07, 6.45) is 9.49. The molecule has 2 fully saturated rings. The highest BCUT2D eigenvalue weighted by Gasteiger charge is 2.76. The van der Waals surface area contributed by atoms with Crippen molar-refractivity contribution in [2.45, 2.75) is 136 Å². The first kappa shape index (κ1) is 36.2. The van der Waals surface area contributed by atoms with Gasteiger partial charge in [-0.25, -0.2) is 4.39 Å². The normalized spacial score (nSPS) is 39.2. The van der Waals surface area contributed by atoms with Gasteiger partial charge in [-0.2, -0.15) is 0 Å². The highest BCUT2D eigenvalue weighted by molar-refractivity contribution is 6.71. The Kier molecular flexibility index (Phi) is 9.24. The number of carbonyl (C=O) groups excluding carboxylic acids is 1. The van der Waals surface area contributed by atoms with Gasteiger partial charge in [0.25, 0.3) is 0 Å². The van der Waals surface area contributed by atoms with Crippen LogP contribution in [-0.2, 0) is 22.5 Å². The van der Waals surface area contributed by atoms with E-state index in [0.717, 1.165) is 17.8 Å². The fraction of sp³-hybridized carbons (Fsp3) is 0.794. The molecule has 0 N–H and O–H groups in total. The van der Waals surface area contributed by atoms with Crippen LogP contribution in [0.3, 0.4) is 0 Å². The van der Waals surface area contributed by atoms with Crippen LogP contribution in [-0.4, -0.2) is 63.0 Å². The number of fused-ring (bicyclic) bond motifs is 5. The number of hydrogen-bond acceptors (Lipinski definition) is 5. The third-order valence-corrected chi connectivity index (χ3v) is 14.2. The molecule has 4 rings (SSSR count). The Labute approximate surface area is 271 Å². The number of carbonyl (C=O) groups is 1. The van der Waals surface area contributed by atoms with E-state index in [0.29, 0.717) is 12.8 Å². The molecule has 8 atom stereocenters. The predicted molar refractivity (Wildman–Crippen MR) is 189 cm³/mol. The number of rotatable bonds is 10. The van der Waals surface area contributed by atoms with Gasteiger partial charge in [0, 0.05) is 16.7 Å². The summed E-state index contributed by atoms with van der Waals surface area (Å²) in [5, 5.41) is 0. The van der Waals surface area contributed by atoms with E-state index in [2.05, 4.69) is 118 Å². The predicted octanol–water partition coefficient (Wildman–Crippen LogP) is 9.25. The minimum atomic E-state index is -2.23. The summed E-state index contributed by atoms with van der Waals surface area (Å²) in [5.41, 5.74) is -3.18. The Bertz CT molecular complexity index is 1240. The molecule has 10 heteroatoms. The van der Waals surface area contributed by atoms with Gasteiger partial charge in [-0.05, 0) is 134 Å². The molecule has 0 amide bonds. The van der Waals surface area contributed by atoms with Gasteiger partial charge in [-0.1, -0.05) is 26.0 Å². The van der Waals surface area contributed by atoms with Crippen LogP contribution >= 0.6 is 0 Å². The van der Waals surface area contributed by atoms with Crippen molar-refractivity contribution in [3.63, 3.8) is 0 Å². The van der Waals surface area contributed by atoms with E-state index < -0.39 is 61.5 Å². The maximum absolute atomic E-state index is 18.8.